The molecule has 2 aliphatic rings. The summed E-state index contributed by atoms with van der Waals surface area (Å²) in [6, 6.07) is 19.2. The first-order valence-corrected chi connectivity index (χ1v) is 9.39. The van der Waals surface area contributed by atoms with E-state index >= 15 is 0 Å². The zero-order chi connectivity index (χ0) is 20.0. The van der Waals surface area contributed by atoms with Crippen molar-refractivity contribution in [3.63, 3.8) is 0 Å². The van der Waals surface area contributed by atoms with Gasteiger partial charge in [-0.1, -0.05) is 36.4 Å². The highest BCUT2D eigenvalue weighted by Crippen LogP contribution is 2.48. The number of hydrogen-bond donors (Lipinski definition) is 1. The van der Waals surface area contributed by atoms with E-state index in [2.05, 4.69) is 0 Å². The molecule has 2 heterocycles. The molecule has 0 saturated carbocycles. The van der Waals surface area contributed by atoms with E-state index in [4.69, 9.17) is 14.6 Å². The van der Waals surface area contributed by atoms with Crippen LogP contribution in [0.1, 0.15) is 35.4 Å². The monoisotopic (exact) mass is 390 g/mol. The molecule has 29 heavy (non-hydrogen) atoms. The fraction of sp³-hybridized carbons (Fsp3) is 0.174. The van der Waals surface area contributed by atoms with Gasteiger partial charge >= 0.3 is 0 Å². The highest BCUT2D eigenvalue weighted by molar-refractivity contribution is 6.04. The van der Waals surface area contributed by atoms with Crippen LogP contribution in [0.4, 0.5) is 4.39 Å². The molecule has 2 atom stereocenters. The van der Waals surface area contributed by atoms with Gasteiger partial charge in [0.05, 0.1) is 24.4 Å². The number of para-hydroxylation sites is 1. The van der Waals surface area contributed by atoms with Crippen LogP contribution < -0.4 is 9.47 Å². The number of phenolic OH excluding ortho intramolecular Hbond substituents is 1. The number of methoxy groups -OCH3 is 1. The lowest BCUT2D eigenvalue weighted by Crippen LogP contribution is -2.34. The molecule has 2 aliphatic heterocycles. The summed E-state index contributed by atoms with van der Waals surface area (Å²) >= 11 is 0. The lowest BCUT2D eigenvalue weighted by atomic mass is 9.95. The molecule has 1 N–H and O–H groups in total. The van der Waals surface area contributed by atoms with Crippen molar-refractivity contribution >= 4 is 5.71 Å². The normalized spacial score (nSPS) is 19.8. The van der Waals surface area contributed by atoms with Crippen molar-refractivity contribution in [1.82, 2.24) is 5.01 Å². The standard InChI is InChI=1S/C23H19FN2O3/c1-28-14-10-11-21(27)17(12-14)19-13-20-16-7-3-5-9-22(16)29-23(26(20)25-19)15-6-2-4-8-18(15)24/h2-12,20,23,27H,13H2,1H3/t20-,23-/m0/s1. The second kappa shape index (κ2) is 6.81. The predicted octanol–water partition coefficient (Wildman–Crippen LogP) is 4.78. The minimum Gasteiger partial charge on any atom is -0.507 e. The average Bonchev–Trinajstić information content (AvgIpc) is 3.19. The Morgan fingerprint density at radius 3 is 2.62 bits per heavy atom. The predicted molar refractivity (Wildman–Crippen MR) is 107 cm³/mol. The van der Waals surface area contributed by atoms with Gasteiger partial charge in [-0.05, 0) is 30.3 Å². The number of hydrogen-bond acceptors (Lipinski definition) is 5. The molecule has 0 spiro atoms. The van der Waals surface area contributed by atoms with Gasteiger partial charge in [-0.15, -0.1) is 0 Å². The van der Waals surface area contributed by atoms with Crippen molar-refractivity contribution < 1.29 is 19.0 Å². The molecule has 146 valence electrons. The fourth-order valence-electron chi connectivity index (χ4n) is 3.95. The molecule has 0 aliphatic carbocycles. The fourth-order valence-corrected chi connectivity index (χ4v) is 3.95. The quantitative estimate of drug-likeness (QED) is 0.699. The highest BCUT2D eigenvalue weighted by atomic mass is 19.1. The van der Waals surface area contributed by atoms with Gasteiger partial charge < -0.3 is 14.6 Å². The SMILES string of the molecule is COc1ccc(O)c(C2=NN3[C@@H](C2)c2ccccc2O[C@H]3c2ccccc2F)c1. The Hall–Kier alpha value is -3.54. The summed E-state index contributed by atoms with van der Waals surface area (Å²) in [5.74, 6) is 1.13. The number of phenols is 1. The first-order valence-electron chi connectivity index (χ1n) is 9.39. The van der Waals surface area contributed by atoms with Gasteiger partial charge in [0.2, 0.25) is 6.23 Å². The highest BCUT2D eigenvalue weighted by Gasteiger charge is 2.42. The first-order chi connectivity index (χ1) is 14.2. The van der Waals surface area contributed by atoms with Crippen molar-refractivity contribution in [2.24, 2.45) is 5.10 Å². The molecule has 0 amide bonds. The summed E-state index contributed by atoms with van der Waals surface area (Å²) in [6.07, 6.45) is -0.132. The zero-order valence-electron chi connectivity index (χ0n) is 15.7. The van der Waals surface area contributed by atoms with Crippen LogP contribution in [-0.4, -0.2) is 22.9 Å². The maximum absolute atomic E-state index is 14.6. The van der Waals surface area contributed by atoms with Gasteiger partial charge in [0.25, 0.3) is 0 Å². The van der Waals surface area contributed by atoms with Crippen LogP contribution in [-0.2, 0) is 0 Å². The van der Waals surface area contributed by atoms with E-state index < -0.39 is 6.23 Å². The number of rotatable bonds is 3. The second-order valence-electron chi connectivity index (χ2n) is 7.06. The Bertz CT molecular complexity index is 1110. The van der Waals surface area contributed by atoms with Gasteiger partial charge in [0.1, 0.15) is 23.1 Å². The summed E-state index contributed by atoms with van der Waals surface area (Å²) in [4.78, 5) is 0. The minimum atomic E-state index is -0.693. The van der Waals surface area contributed by atoms with Gasteiger partial charge in [0.15, 0.2) is 0 Å². The van der Waals surface area contributed by atoms with Gasteiger partial charge in [-0.2, -0.15) is 5.10 Å². The Kier molecular flexibility index (Phi) is 4.12. The van der Waals surface area contributed by atoms with Crippen LogP contribution in [0.3, 0.4) is 0 Å². The molecular weight excluding hydrogens is 371 g/mol. The number of ether oxygens (including phenoxy) is 2. The molecule has 0 aromatic heterocycles. The van der Waals surface area contributed by atoms with Gasteiger partial charge in [0, 0.05) is 17.5 Å². The lowest BCUT2D eigenvalue weighted by Gasteiger charge is -2.38. The van der Waals surface area contributed by atoms with E-state index in [-0.39, 0.29) is 17.6 Å². The Morgan fingerprint density at radius 1 is 1.07 bits per heavy atom. The maximum atomic E-state index is 14.6. The minimum absolute atomic E-state index is 0.120. The second-order valence-corrected chi connectivity index (χ2v) is 7.06. The van der Waals surface area contributed by atoms with Crippen LogP contribution in [0, 0.1) is 5.82 Å². The molecule has 0 bridgehead atoms. The molecule has 0 radical (unpaired) electrons. The third-order valence-electron chi connectivity index (χ3n) is 5.38. The van der Waals surface area contributed by atoms with Crippen molar-refractivity contribution in [1.29, 1.82) is 0 Å². The molecule has 0 fully saturated rings. The first kappa shape index (κ1) is 17.6. The summed E-state index contributed by atoms with van der Waals surface area (Å²) in [5.41, 5.74) is 2.71. The van der Waals surface area contributed by atoms with Gasteiger partial charge in [-0.3, -0.25) is 0 Å². The van der Waals surface area contributed by atoms with Crippen molar-refractivity contribution in [3.05, 3.63) is 89.2 Å². The maximum Gasteiger partial charge on any atom is 0.216 e. The van der Waals surface area contributed by atoms with Crippen molar-refractivity contribution in [2.45, 2.75) is 18.7 Å². The smallest absolute Gasteiger partial charge is 0.216 e. The molecule has 3 aromatic carbocycles. The summed E-state index contributed by atoms with van der Waals surface area (Å²) < 4.78 is 26.0. The number of nitrogens with zero attached hydrogens (tertiary/aromatic N) is 2. The Morgan fingerprint density at radius 2 is 1.83 bits per heavy atom. The number of halogens is 1. The summed E-state index contributed by atoms with van der Waals surface area (Å²) in [6.45, 7) is 0. The van der Waals surface area contributed by atoms with E-state index in [0.717, 1.165) is 5.56 Å². The average molecular weight is 390 g/mol. The van der Waals surface area contributed by atoms with E-state index in [1.165, 1.54) is 6.07 Å². The van der Waals surface area contributed by atoms with E-state index in [1.807, 2.05) is 24.3 Å². The van der Waals surface area contributed by atoms with Crippen LogP contribution in [0.5, 0.6) is 17.2 Å². The van der Waals surface area contributed by atoms with Crippen LogP contribution in [0.2, 0.25) is 0 Å². The van der Waals surface area contributed by atoms with Crippen molar-refractivity contribution in [3.8, 4) is 17.2 Å². The Balaban J connectivity index is 1.63. The third-order valence-corrected chi connectivity index (χ3v) is 5.38. The van der Waals surface area contributed by atoms with Crippen LogP contribution >= 0.6 is 0 Å². The van der Waals surface area contributed by atoms with Crippen molar-refractivity contribution in [2.75, 3.05) is 7.11 Å². The zero-order valence-corrected chi connectivity index (χ0v) is 15.7. The van der Waals surface area contributed by atoms with Crippen LogP contribution in [0.25, 0.3) is 0 Å². The molecule has 0 unspecified atom stereocenters. The summed E-state index contributed by atoms with van der Waals surface area (Å²) in [5, 5.41) is 16.9. The molecule has 6 heteroatoms. The van der Waals surface area contributed by atoms with E-state index in [9.17, 15) is 9.50 Å². The lowest BCUT2D eigenvalue weighted by molar-refractivity contribution is -0.0212. The molecular formula is C23H19FN2O3. The Labute approximate surface area is 167 Å². The van der Waals surface area contributed by atoms with Gasteiger partial charge in [-0.25, -0.2) is 9.40 Å². The largest absolute Gasteiger partial charge is 0.507 e. The molecule has 5 rings (SSSR count). The number of hydrazone groups is 1. The van der Waals surface area contributed by atoms with E-state index in [0.29, 0.717) is 34.8 Å². The number of fused-ring (bicyclic) bond motifs is 3. The van der Waals surface area contributed by atoms with E-state index in [1.54, 1.807) is 48.5 Å². The third kappa shape index (κ3) is 2.88. The number of benzene rings is 3. The summed E-state index contributed by atoms with van der Waals surface area (Å²) in [7, 11) is 1.58. The molecule has 3 aromatic rings. The molecule has 0 saturated heterocycles. The number of aromatic hydroxyl groups is 1. The van der Waals surface area contributed by atoms with Crippen LogP contribution in [0.15, 0.2) is 71.8 Å². The topological polar surface area (TPSA) is 54.3 Å². The molecule has 5 nitrogen and oxygen atoms in total.